The molecule has 0 saturated heterocycles. The van der Waals surface area contributed by atoms with Gasteiger partial charge in [-0.05, 0) is 6.92 Å². The van der Waals surface area contributed by atoms with Crippen molar-refractivity contribution >= 4 is 0 Å². The molecule has 2 nitrogen and oxygen atoms in total. The Labute approximate surface area is 57.3 Å². The number of quaternary nitrogens is 1. The van der Waals surface area contributed by atoms with Gasteiger partial charge in [0.1, 0.15) is 0 Å². The highest BCUT2D eigenvalue weighted by atomic mass is 16.5. The molecule has 0 amide bonds. The minimum absolute atomic E-state index is 0.674. The molecule has 0 aromatic heterocycles. The van der Waals surface area contributed by atoms with E-state index in [-0.39, 0.29) is 0 Å². The first-order valence-electron chi connectivity index (χ1n) is 3.12. The van der Waals surface area contributed by atoms with Crippen LogP contribution in [0.25, 0.3) is 0 Å². The highest BCUT2D eigenvalue weighted by molar-refractivity contribution is 4.66. The zero-order chi connectivity index (χ0) is 7.49. The molecule has 54 valence electrons. The summed E-state index contributed by atoms with van der Waals surface area (Å²) in [5, 5.41) is 0. The highest BCUT2D eigenvalue weighted by Gasteiger charge is 2.12. The van der Waals surface area contributed by atoms with E-state index in [1.165, 1.54) is 0 Å². The molecule has 0 aromatic rings. The molecule has 0 spiro atoms. The zero-order valence-corrected chi connectivity index (χ0v) is 6.77. The molecule has 0 bridgehead atoms. The van der Waals surface area contributed by atoms with Gasteiger partial charge in [0.15, 0.2) is 0 Å². The van der Waals surface area contributed by atoms with Crippen molar-refractivity contribution in [2.75, 3.05) is 27.7 Å². The maximum Gasteiger partial charge on any atom is 0.283 e. The average Bonchev–Trinajstić information content (AvgIpc) is 1.64. The number of ether oxygens (including phenoxy) is 1. The molecule has 0 aliphatic rings. The van der Waals surface area contributed by atoms with E-state index in [4.69, 9.17) is 4.74 Å². The van der Waals surface area contributed by atoms with Crippen LogP contribution in [0.4, 0.5) is 0 Å². The predicted molar refractivity (Wildman–Crippen MR) is 38.8 cm³/mol. The van der Waals surface area contributed by atoms with E-state index in [1.54, 1.807) is 0 Å². The van der Waals surface area contributed by atoms with Crippen molar-refractivity contribution < 1.29 is 9.22 Å². The van der Waals surface area contributed by atoms with Crippen LogP contribution in [0.3, 0.4) is 0 Å². The van der Waals surface area contributed by atoms with Gasteiger partial charge in [-0.3, -0.25) is 4.48 Å². The lowest BCUT2D eigenvalue weighted by Gasteiger charge is -2.23. The van der Waals surface area contributed by atoms with Crippen LogP contribution in [0.2, 0.25) is 0 Å². The average molecular weight is 130 g/mol. The number of nitrogens with zero attached hydrogens (tertiary/aromatic N) is 1. The largest absolute Gasteiger partial charge is 0.453 e. The fourth-order valence-corrected chi connectivity index (χ4v) is 0.360. The lowest BCUT2D eigenvalue weighted by molar-refractivity contribution is -0.847. The lowest BCUT2D eigenvalue weighted by atomic mass is 10.6. The summed E-state index contributed by atoms with van der Waals surface area (Å²) in [6, 6.07) is 0. The van der Waals surface area contributed by atoms with Gasteiger partial charge in [-0.2, -0.15) is 0 Å². The van der Waals surface area contributed by atoms with Gasteiger partial charge in [-0.15, -0.1) is 0 Å². The van der Waals surface area contributed by atoms with Gasteiger partial charge in [0.2, 0.25) is 0 Å². The molecule has 9 heavy (non-hydrogen) atoms. The van der Waals surface area contributed by atoms with Crippen LogP contribution in [0.5, 0.6) is 0 Å². The molecule has 2 heteroatoms. The fourth-order valence-electron chi connectivity index (χ4n) is 0.360. The van der Waals surface area contributed by atoms with Crippen LogP contribution in [0, 0.1) is 0 Å². The van der Waals surface area contributed by atoms with Crippen LogP contribution in [0.15, 0.2) is 12.5 Å². The van der Waals surface area contributed by atoms with E-state index in [0.717, 1.165) is 5.88 Å². The molecular weight excluding hydrogens is 114 g/mol. The Bertz CT molecular complexity index is 102. The first-order chi connectivity index (χ1) is 3.98. The van der Waals surface area contributed by atoms with Gasteiger partial charge in [0, 0.05) is 6.58 Å². The van der Waals surface area contributed by atoms with Gasteiger partial charge < -0.3 is 4.74 Å². The molecule has 0 aromatic carbocycles. The van der Waals surface area contributed by atoms with Gasteiger partial charge in [-0.25, -0.2) is 0 Å². The summed E-state index contributed by atoms with van der Waals surface area (Å²) >= 11 is 0. The van der Waals surface area contributed by atoms with Crippen molar-refractivity contribution in [3.05, 3.63) is 12.5 Å². The molecule has 0 rings (SSSR count). The Balaban J connectivity index is 3.74. The van der Waals surface area contributed by atoms with E-state index in [1.807, 2.05) is 28.1 Å². The molecule has 0 unspecified atom stereocenters. The van der Waals surface area contributed by atoms with Crippen LogP contribution in [-0.2, 0) is 4.74 Å². The summed E-state index contributed by atoms with van der Waals surface area (Å²) in [7, 11) is 6.08. The van der Waals surface area contributed by atoms with Crippen LogP contribution >= 0.6 is 0 Å². The normalized spacial score (nSPS) is 11.1. The Hall–Kier alpha value is -0.500. The summed E-state index contributed by atoms with van der Waals surface area (Å²) in [6.07, 6.45) is 0. The molecule has 0 atom stereocenters. The predicted octanol–water partition coefficient (Wildman–Crippen LogP) is 1.20. The number of hydrogen-bond acceptors (Lipinski definition) is 1. The molecule has 0 fully saturated rings. The number of rotatable bonds is 3. The first kappa shape index (κ1) is 8.50. The second-order valence-electron chi connectivity index (χ2n) is 2.84. The van der Waals surface area contributed by atoms with Crippen molar-refractivity contribution in [1.29, 1.82) is 0 Å². The Morgan fingerprint density at radius 3 is 2.00 bits per heavy atom. The topological polar surface area (TPSA) is 9.23 Å². The summed E-state index contributed by atoms with van der Waals surface area (Å²) < 4.78 is 5.86. The standard InChI is InChI=1S/C7H16NO/c1-6-9-7(2)8(3,4)5/h2,6H2,1,3-5H3/q+1. The van der Waals surface area contributed by atoms with Crippen molar-refractivity contribution in [3.8, 4) is 0 Å². The van der Waals surface area contributed by atoms with Gasteiger partial charge >= 0.3 is 0 Å². The van der Waals surface area contributed by atoms with E-state index in [0.29, 0.717) is 11.1 Å². The minimum Gasteiger partial charge on any atom is -0.453 e. The van der Waals surface area contributed by atoms with Crippen molar-refractivity contribution in [2.24, 2.45) is 0 Å². The summed E-state index contributed by atoms with van der Waals surface area (Å²) in [5.41, 5.74) is 0. The molecular formula is C7H16NO+. The quantitative estimate of drug-likeness (QED) is 0.412. The Morgan fingerprint density at radius 2 is 1.89 bits per heavy atom. The first-order valence-corrected chi connectivity index (χ1v) is 3.12. The third kappa shape index (κ3) is 3.14. The van der Waals surface area contributed by atoms with E-state index < -0.39 is 0 Å². The number of hydrogen-bond donors (Lipinski definition) is 0. The lowest BCUT2D eigenvalue weighted by Crippen LogP contribution is -2.33. The molecule has 0 aliphatic heterocycles. The molecule has 0 heterocycles. The second-order valence-corrected chi connectivity index (χ2v) is 2.84. The Morgan fingerprint density at radius 1 is 1.44 bits per heavy atom. The highest BCUT2D eigenvalue weighted by Crippen LogP contribution is 2.04. The maximum absolute atomic E-state index is 5.18. The maximum atomic E-state index is 5.18. The Kier molecular flexibility index (Phi) is 2.71. The third-order valence-corrected chi connectivity index (χ3v) is 1.06. The fraction of sp³-hybridized carbons (Fsp3) is 0.714. The smallest absolute Gasteiger partial charge is 0.283 e. The molecule has 0 aliphatic carbocycles. The summed E-state index contributed by atoms with van der Waals surface area (Å²) in [5.74, 6) is 0.803. The van der Waals surface area contributed by atoms with Crippen LogP contribution in [0.1, 0.15) is 6.92 Å². The zero-order valence-electron chi connectivity index (χ0n) is 6.77. The van der Waals surface area contributed by atoms with Crippen molar-refractivity contribution in [1.82, 2.24) is 0 Å². The SMILES string of the molecule is C=C(OCC)[N+](C)(C)C. The van der Waals surface area contributed by atoms with E-state index >= 15 is 0 Å². The van der Waals surface area contributed by atoms with Gasteiger partial charge in [-0.1, -0.05) is 0 Å². The molecule has 0 radical (unpaired) electrons. The second kappa shape index (κ2) is 2.87. The van der Waals surface area contributed by atoms with Crippen LogP contribution < -0.4 is 0 Å². The van der Waals surface area contributed by atoms with Crippen molar-refractivity contribution in [3.63, 3.8) is 0 Å². The minimum atomic E-state index is 0.674. The molecule has 0 saturated carbocycles. The van der Waals surface area contributed by atoms with Gasteiger partial charge in [0.25, 0.3) is 5.88 Å². The van der Waals surface area contributed by atoms with E-state index in [2.05, 4.69) is 6.58 Å². The summed E-state index contributed by atoms with van der Waals surface area (Å²) in [6.45, 7) is 6.43. The van der Waals surface area contributed by atoms with Gasteiger partial charge in [0.05, 0.1) is 27.7 Å². The monoisotopic (exact) mass is 130 g/mol. The van der Waals surface area contributed by atoms with Crippen molar-refractivity contribution in [2.45, 2.75) is 6.92 Å². The third-order valence-electron chi connectivity index (χ3n) is 1.06. The molecule has 0 N–H and O–H groups in total. The van der Waals surface area contributed by atoms with E-state index in [9.17, 15) is 0 Å². The summed E-state index contributed by atoms with van der Waals surface area (Å²) in [4.78, 5) is 0. The van der Waals surface area contributed by atoms with Crippen LogP contribution in [-0.4, -0.2) is 32.2 Å².